The molecule has 2 heterocycles. The molecule has 2 aromatic rings. The summed E-state index contributed by atoms with van der Waals surface area (Å²) in [5.74, 6) is 0. The van der Waals surface area contributed by atoms with E-state index in [0.29, 0.717) is 11.5 Å². The fourth-order valence-corrected chi connectivity index (χ4v) is 3.32. The van der Waals surface area contributed by atoms with E-state index in [1.165, 1.54) is 6.26 Å². The first kappa shape index (κ1) is 17.0. The highest BCUT2D eigenvalue weighted by Crippen LogP contribution is 2.21. The first-order valence-electron chi connectivity index (χ1n) is 7.83. The number of aryl methyl sites for hydroxylation is 1. The molecule has 7 heteroatoms. The lowest BCUT2D eigenvalue weighted by Gasteiger charge is -2.32. The van der Waals surface area contributed by atoms with Crippen molar-refractivity contribution in [2.45, 2.75) is 24.5 Å². The Bertz CT molecular complexity index is 789. The molecule has 6 nitrogen and oxygen atoms in total. The molecule has 0 radical (unpaired) electrons. The summed E-state index contributed by atoms with van der Waals surface area (Å²) in [5, 5.41) is 0. The number of sulfone groups is 1. The van der Waals surface area contributed by atoms with Crippen LogP contribution in [0.5, 0.6) is 0 Å². The maximum Gasteiger partial charge on any atom is 0.175 e. The third-order valence-electron chi connectivity index (χ3n) is 4.04. The van der Waals surface area contributed by atoms with Crippen LogP contribution in [0.15, 0.2) is 41.6 Å². The molecule has 1 aromatic carbocycles. The summed E-state index contributed by atoms with van der Waals surface area (Å²) in [5.41, 5.74) is 2.81. The molecule has 0 amide bonds. The van der Waals surface area contributed by atoms with E-state index in [4.69, 9.17) is 4.74 Å². The van der Waals surface area contributed by atoms with Gasteiger partial charge in [0.25, 0.3) is 0 Å². The SMILES string of the molecule is Cc1cnc(C2CN(Cc3ccc(S(C)(=O)=O)cc3)CCO2)cn1. The molecule has 1 atom stereocenters. The monoisotopic (exact) mass is 347 g/mol. The van der Waals surface area contributed by atoms with Crippen molar-refractivity contribution in [2.24, 2.45) is 0 Å². The zero-order valence-electron chi connectivity index (χ0n) is 13.8. The first-order chi connectivity index (χ1) is 11.4. The molecule has 0 saturated carbocycles. The molecule has 24 heavy (non-hydrogen) atoms. The van der Waals surface area contributed by atoms with Gasteiger partial charge in [0.05, 0.1) is 29.1 Å². The molecule has 1 fully saturated rings. The number of hydrogen-bond donors (Lipinski definition) is 0. The van der Waals surface area contributed by atoms with Crippen molar-refractivity contribution < 1.29 is 13.2 Å². The minimum Gasteiger partial charge on any atom is -0.369 e. The third-order valence-corrected chi connectivity index (χ3v) is 5.17. The fraction of sp³-hybridized carbons (Fsp3) is 0.412. The maximum atomic E-state index is 11.5. The van der Waals surface area contributed by atoms with Crippen LogP contribution >= 0.6 is 0 Å². The Labute approximate surface area is 142 Å². The number of hydrogen-bond acceptors (Lipinski definition) is 6. The van der Waals surface area contributed by atoms with Crippen molar-refractivity contribution in [1.29, 1.82) is 0 Å². The van der Waals surface area contributed by atoms with E-state index >= 15 is 0 Å². The molecule has 1 aromatic heterocycles. The van der Waals surface area contributed by atoms with E-state index in [1.54, 1.807) is 24.5 Å². The zero-order valence-corrected chi connectivity index (χ0v) is 14.7. The lowest BCUT2D eigenvalue weighted by molar-refractivity contribution is -0.0351. The highest BCUT2D eigenvalue weighted by molar-refractivity contribution is 7.90. The van der Waals surface area contributed by atoms with Gasteiger partial charge in [0.2, 0.25) is 0 Å². The molecule has 0 N–H and O–H groups in total. The largest absolute Gasteiger partial charge is 0.369 e. The minimum atomic E-state index is -3.15. The molecule has 0 bridgehead atoms. The predicted molar refractivity (Wildman–Crippen MR) is 90.3 cm³/mol. The lowest BCUT2D eigenvalue weighted by atomic mass is 10.1. The summed E-state index contributed by atoms with van der Waals surface area (Å²) in [6.45, 7) is 4.88. The van der Waals surface area contributed by atoms with E-state index < -0.39 is 9.84 Å². The van der Waals surface area contributed by atoms with Crippen molar-refractivity contribution >= 4 is 9.84 Å². The topological polar surface area (TPSA) is 72.4 Å². The second-order valence-electron chi connectivity index (χ2n) is 6.09. The number of benzene rings is 1. The zero-order chi connectivity index (χ0) is 17.2. The van der Waals surface area contributed by atoms with Crippen LogP contribution in [0, 0.1) is 6.92 Å². The summed E-state index contributed by atoms with van der Waals surface area (Å²) in [4.78, 5) is 11.3. The van der Waals surface area contributed by atoms with Gasteiger partial charge >= 0.3 is 0 Å². The molecule has 1 unspecified atom stereocenters. The summed E-state index contributed by atoms with van der Waals surface area (Å²) < 4.78 is 28.8. The van der Waals surface area contributed by atoms with Crippen molar-refractivity contribution in [3.8, 4) is 0 Å². The van der Waals surface area contributed by atoms with Gasteiger partial charge in [0.1, 0.15) is 6.10 Å². The van der Waals surface area contributed by atoms with Crippen LogP contribution in [0.25, 0.3) is 0 Å². The molecule has 3 rings (SSSR count). The Morgan fingerprint density at radius 2 is 1.96 bits per heavy atom. The first-order valence-corrected chi connectivity index (χ1v) is 9.72. The van der Waals surface area contributed by atoms with Crippen molar-refractivity contribution in [2.75, 3.05) is 26.0 Å². The van der Waals surface area contributed by atoms with Gasteiger partial charge in [-0.25, -0.2) is 8.42 Å². The van der Waals surface area contributed by atoms with E-state index in [9.17, 15) is 8.42 Å². The van der Waals surface area contributed by atoms with Gasteiger partial charge in [0.15, 0.2) is 9.84 Å². The standard InChI is InChI=1S/C17H21N3O3S/c1-13-9-19-16(10-18-13)17-12-20(7-8-23-17)11-14-3-5-15(6-4-14)24(2,21)22/h3-6,9-10,17H,7-8,11-12H2,1-2H3. The lowest BCUT2D eigenvalue weighted by Crippen LogP contribution is -2.38. The molecule has 128 valence electrons. The van der Waals surface area contributed by atoms with Crippen LogP contribution in [-0.2, 0) is 21.1 Å². The predicted octanol–water partition coefficient (Wildman–Crippen LogP) is 1.76. The number of ether oxygens (including phenoxy) is 1. The Hall–Kier alpha value is -1.83. The van der Waals surface area contributed by atoms with Gasteiger partial charge in [-0.2, -0.15) is 0 Å². The second kappa shape index (κ2) is 6.96. The summed E-state index contributed by atoms with van der Waals surface area (Å²) in [6, 6.07) is 7.06. The average molecular weight is 347 g/mol. The Morgan fingerprint density at radius 1 is 1.21 bits per heavy atom. The highest BCUT2D eigenvalue weighted by Gasteiger charge is 2.23. The van der Waals surface area contributed by atoms with E-state index in [2.05, 4.69) is 14.9 Å². The van der Waals surface area contributed by atoms with Crippen LogP contribution in [0.4, 0.5) is 0 Å². The van der Waals surface area contributed by atoms with Crippen LogP contribution in [0.1, 0.15) is 23.1 Å². The smallest absolute Gasteiger partial charge is 0.175 e. The van der Waals surface area contributed by atoms with Gasteiger partial charge < -0.3 is 4.74 Å². The molecule has 1 aliphatic heterocycles. The summed E-state index contributed by atoms with van der Waals surface area (Å²) in [6.07, 6.45) is 4.66. The number of morpholine rings is 1. The van der Waals surface area contributed by atoms with Gasteiger partial charge in [-0.3, -0.25) is 14.9 Å². The van der Waals surface area contributed by atoms with Crippen LogP contribution in [0.3, 0.4) is 0 Å². The van der Waals surface area contributed by atoms with Gasteiger partial charge in [-0.15, -0.1) is 0 Å². The van der Waals surface area contributed by atoms with E-state index in [1.807, 2.05) is 19.1 Å². The van der Waals surface area contributed by atoms with Crippen molar-refractivity contribution in [3.63, 3.8) is 0 Å². The van der Waals surface area contributed by atoms with E-state index in [-0.39, 0.29) is 6.10 Å². The van der Waals surface area contributed by atoms with Crippen molar-refractivity contribution in [1.82, 2.24) is 14.9 Å². The normalized spacial score (nSPS) is 19.3. The summed E-state index contributed by atoms with van der Waals surface area (Å²) >= 11 is 0. The Balaban J connectivity index is 1.66. The van der Waals surface area contributed by atoms with E-state index in [0.717, 1.165) is 36.6 Å². The van der Waals surface area contributed by atoms with Gasteiger partial charge in [-0.05, 0) is 24.6 Å². The highest BCUT2D eigenvalue weighted by atomic mass is 32.2. The number of rotatable bonds is 4. The maximum absolute atomic E-state index is 11.5. The molecular weight excluding hydrogens is 326 g/mol. The van der Waals surface area contributed by atoms with Crippen LogP contribution < -0.4 is 0 Å². The molecule has 0 spiro atoms. The van der Waals surface area contributed by atoms with Crippen molar-refractivity contribution in [3.05, 3.63) is 53.6 Å². The molecule has 1 aliphatic rings. The molecule has 0 aliphatic carbocycles. The van der Waals surface area contributed by atoms with Crippen LogP contribution in [-0.4, -0.2) is 49.2 Å². The van der Waals surface area contributed by atoms with Gasteiger partial charge in [0, 0.05) is 32.1 Å². The van der Waals surface area contributed by atoms with Gasteiger partial charge in [-0.1, -0.05) is 12.1 Å². The molecular formula is C17H21N3O3S. The Morgan fingerprint density at radius 3 is 2.58 bits per heavy atom. The fourth-order valence-electron chi connectivity index (χ4n) is 2.69. The summed E-state index contributed by atoms with van der Waals surface area (Å²) in [7, 11) is -3.15. The van der Waals surface area contributed by atoms with Crippen LogP contribution in [0.2, 0.25) is 0 Å². The third kappa shape index (κ3) is 4.17. The molecule has 1 saturated heterocycles. The average Bonchev–Trinajstić information content (AvgIpc) is 2.55. The quantitative estimate of drug-likeness (QED) is 0.839. The minimum absolute atomic E-state index is 0.0813. The second-order valence-corrected chi connectivity index (χ2v) is 8.11. The number of aromatic nitrogens is 2. The number of nitrogens with zero attached hydrogens (tertiary/aromatic N) is 3. The Kier molecular flexibility index (Phi) is 4.93.